The van der Waals surface area contributed by atoms with Gasteiger partial charge in [0.15, 0.2) is 6.10 Å². The van der Waals surface area contributed by atoms with Crippen LogP contribution in [0.2, 0.25) is 0 Å². The Morgan fingerprint density at radius 3 is 2.21 bits per heavy atom. The molecule has 9 nitrogen and oxygen atoms in total. The summed E-state index contributed by atoms with van der Waals surface area (Å²) in [6.07, 6.45) is -0.916. The van der Waals surface area contributed by atoms with Gasteiger partial charge in [-0.25, -0.2) is 0 Å². The van der Waals surface area contributed by atoms with E-state index in [0.29, 0.717) is 13.1 Å². The molecule has 1 heterocycles. The molecule has 3 atom stereocenters. The number of aliphatic carboxylic acids is 1. The molecule has 3 rings (SSSR count). The van der Waals surface area contributed by atoms with Crippen molar-refractivity contribution in [3.05, 3.63) is 54.1 Å². The Morgan fingerprint density at radius 1 is 1.13 bits per heavy atom. The molecule has 1 aliphatic rings. The van der Waals surface area contributed by atoms with Crippen molar-refractivity contribution in [2.24, 2.45) is 11.7 Å². The third-order valence-electron chi connectivity index (χ3n) is 5.71. The maximum absolute atomic E-state index is 13.6. The fraction of sp³-hybridized carbons (Fsp3) is 0.444. The average Bonchev–Trinajstić information content (AvgIpc) is 2.96. The van der Waals surface area contributed by atoms with E-state index in [9.17, 15) is 14.4 Å². The van der Waals surface area contributed by atoms with Crippen molar-refractivity contribution in [2.45, 2.75) is 43.1 Å². The van der Waals surface area contributed by atoms with E-state index < -0.39 is 24.1 Å². The number of thioether (sulfide) groups is 1. The second-order valence-electron chi connectivity index (χ2n) is 9.21. The number of carbonyl (C=O) groups is 3. The summed E-state index contributed by atoms with van der Waals surface area (Å²) in [6.45, 7) is 6.10. The van der Waals surface area contributed by atoms with Gasteiger partial charge in [-0.1, -0.05) is 38.1 Å². The van der Waals surface area contributed by atoms with Crippen LogP contribution >= 0.6 is 24.2 Å². The highest BCUT2D eigenvalue weighted by Crippen LogP contribution is 2.46. The van der Waals surface area contributed by atoms with Crippen molar-refractivity contribution in [1.29, 1.82) is 0 Å². The maximum atomic E-state index is 13.6. The molecule has 1 aliphatic heterocycles. The van der Waals surface area contributed by atoms with Crippen LogP contribution in [0.4, 0.5) is 5.69 Å². The number of nitrogens with two attached hydrogens (primary N) is 1. The first-order chi connectivity index (χ1) is 17.5. The average molecular weight is 568 g/mol. The molecule has 2 aromatic rings. The van der Waals surface area contributed by atoms with Crippen LogP contribution in [-0.4, -0.2) is 74.3 Å². The Bertz CT molecular complexity index is 1070. The number of benzene rings is 2. The summed E-state index contributed by atoms with van der Waals surface area (Å²) < 4.78 is 10.8. The van der Waals surface area contributed by atoms with Crippen LogP contribution in [0.3, 0.4) is 0 Å². The molecule has 0 aromatic heterocycles. The molecule has 0 aliphatic carbocycles. The number of esters is 1. The Balaban J connectivity index is 0.000000699. The second-order valence-corrected chi connectivity index (χ2v) is 10.4. The van der Waals surface area contributed by atoms with Gasteiger partial charge in [0.2, 0.25) is 0 Å². The lowest BCUT2D eigenvalue weighted by Gasteiger charge is -2.28. The molecule has 0 saturated carbocycles. The van der Waals surface area contributed by atoms with Crippen LogP contribution in [0.5, 0.6) is 5.75 Å². The van der Waals surface area contributed by atoms with Gasteiger partial charge in [-0.2, -0.15) is 0 Å². The monoisotopic (exact) mass is 567 g/mol. The molecule has 11 heteroatoms. The van der Waals surface area contributed by atoms with Crippen molar-refractivity contribution in [1.82, 2.24) is 4.90 Å². The van der Waals surface area contributed by atoms with Gasteiger partial charge >= 0.3 is 11.9 Å². The van der Waals surface area contributed by atoms with Crippen molar-refractivity contribution in [3.8, 4) is 5.75 Å². The van der Waals surface area contributed by atoms with E-state index in [2.05, 4.69) is 0 Å². The second kappa shape index (κ2) is 15.6. The van der Waals surface area contributed by atoms with E-state index in [0.717, 1.165) is 21.9 Å². The lowest BCUT2D eigenvalue weighted by atomic mass is 10.1. The van der Waals surface area contributed by atoms with Gasteiger partial charge in [0.05, 0.1) is 18.0 Å². The zero-order valence-electron chi connectivity index (χ0n) is 22.6. The van der Waals surface area contributed by atoms with Crippen molar-refractivity contribution >= 4 is 47.7 Å². The number of hydrogen-bond donors (Lipinski definition) is 2. The predicted molar refractivity (Wildman–Crippen MR) is 152 cm³/mol. The van der Waals surface area contributed by atoms with Gasteiger partial charge < -0.3 is 30.1 Å². The Labute approximate surface area is 235 Å². The number of carboxylic acids is 1. The number of carboxylic acid groups (broad SMARTS) is 1. The zero-order chi connectivity index (χ0) is 27.7. The number of halogens is 1. The molecule has 2 aromatic carbocycles. The van der Waals surface area contributed by atoms with E-state index in [-0.39, 0.29) is 29.5 Å². The Kier molecular flexibility index (Phi) is 13.6. The molecule has 0 unspecified atom stereocenters. The van der Waals surface area contributed by atoms with Gasteiger partial charge in [-0.3, -0.25) is 14.4 Å². The number of anilines is 1. The van der Waals surface area contributed by atoms with Crippen LogP contribution < -0.4 is 15.4 Å². The fourth-order valence-corrected chi connectivity index (χ4v) is 4.84. The number of rotatable bonds is 8. The molecule has 0 saturated heterocycles. The molecule has 3 N–H and O–H groups in total. The van der Waals surface area contributed by atoms with Crippen molar-refractivity contribution in [2.75, 3.05) is 39.2 Å². The summed E-state index contributed by atoms with van der Waals surface area (Å²) in [5.41, 5.74) is 6.91. The van der Waals surface area contributed by atoms with Crippen LogP contribution in [0.15, 0.2) is 53.4 Å². The lowest BCUT2D eigenvalue weighted by molar-refractivity contribution is -0.152. The first-order valence-electron chi connectivity index (χ1n) is 12.0. The number of ether oxygens (including phenoxy) is 2. The van der Waals surface area contributed by atoms with Gasteiger partial charge in [0.1, 0.15) is 11.8 Å². The predicted octanol–water partition coefficient (Wildman–Crippen LogP) is 3.84. The summed E-state index contributed by atoms with van der Waals surface area (Å²) in [5, 5.41) is 7.87. The van der Waals surface area contributed by atoms with Crippen LogP contribution in [0, 0.1) is 5.92 Å². The van der Waals surface area contributed by atoms with E-state index in [4.69, 9.17) is 20.3 Å². The number of methoxy groups -OCH3 is 1. The Hall–Kier alpha value is -2.79. The quantitative estimate of drug-likeness (QED) is 0.458. The van der Waals surface area contributed by atoms with E-state index in [1.54, 1.807) is 37.6 Å². The molecule has 0 spiro atoms. The minimum absolute atomic E-state index is 0. The van der Waals surface area contributed by atoms with E-state index in [1.807, 2.05) is 67.5 Å². The van der Waals surface area contributed by atoms with Crippen LogP contribution in [0.1, 0.15) is 31.6 Å². The van der Waals surface area contributed by atoms with Crippen molar-refractivity contribution < 1.29 is 29.0 Å². The number of hydrogen-bond acceptors (Lipinski definition) is 8. The largest absolute Gasteiger partial charge is 0.497 e. The van der Waals surface area contributed by atoms with E-state index in [1.165, 1.54) is 6.92 Å². The molecule has 210 valence electrons. The summed E-state index contributed by atoms with van der Waals surface area (Å²) in [7, 11) is 5.54. The normalized spacial score (nSPS) is 17.4. The molecule has 1 amide bonds. The number of carbonyl (C=O) groups excluding carboxylic acids is 2. The first kappa shape index (κ1) is 33.2. The van der Waals surface area contributed by atoms with Crippen LogP contribution in [0.25, 0.3) is 0 Å². The summed E-state index contributed by atoms with van der Waals surface area (Å²) in [6, 6.07) is 14.6. The molecule has 0 fully saturated rings. The Morgan fingerprint density at radius 2 is 1.74 bits per heavy atom. The molecule has 38 heavy (non-hydrogen) atoms. The van der Waals surface area contributed by atoms with Gasteiger partial charge in [0, 0.05) is 24.9 Å². The molecular formula is C27H38ClN3O6S. The molecule has 0 bridgehead atoms. The highest BCUT2D eigenvalue weighted by Gasteiger charge is 2.40. The fourth-order valence-electron chi connectivity index (χ4n) is 3.52. The van der Waals surface area contributed by atoms with Gasteiger partial charge in [-0.15, -0.1) is 24.2 Å². The third kappa shape index (κ3) is 9.20. The number of nitrogens with zero attached hydrogens (tertiary/aromatic N) is 2. The third-order valence-corrected chi connectivity index (χ3v) is 7.08. The van der Waals surface area contributed by atoms with Gasteiger partial charge in [0.25, 0.3) is 5.91 Å². The maximum Gasteiger partial charge on any atom is 0.320 e. The number of para-hydroxylation sites is 1. The van der Waals surface area contributed by atoms with Gasteiger partial charge in [-0.05, 0) is 49.8 Å². The topological polar surface area (TPSA) is 122 Å². The highest BCUT2D eigenvalue weighted by atomic mass is 35.5. The highest BCUT2D eigenvalue weighted by molar-refractivity contribution is 7.99. The summed E-state index contributed by atoms with van der Waals surface area (Å²) >= 11 is 1.54. The standard InChI is InChI=1S/C22H26N2O4S.C5H11NO2.ClH/c1-15(25)28-20-21(16-9-11-17(27-4)12-10-16)29-19-8-6-5-7-18(19)24(22(20)26)14-13-23(2)3;1-3(2)4(6)5(7)8;/h5-12,20-21H,13-14H2,1-4H3;3-4H,6H2,1-2H3,(H,7,8);1H/t20-,21+;4-;/m10./s1. The minimum Gasteiger partial charge on any atom is -0.497 e. The van der Waals surface area contributed by atoms with Crippen molar-refractivity contribution in [3.63, 3.8) is 0 Å². The SMILES string of the molecule is CC(C)[C@H](N)C(=O)O.COc1ccc([C@@H]2Sc3ccccc3N(CCN(C)C)C(=O)[C@@H]2OC(C)=O)cc1.Cl. The summed E-state index contributed by atoms with van der Waals surface area (Å²) in [4.78, 5) is 40.2. The molecular weight excluding hydrogens is 530 g/mol. The minimum atomic E-state index is -0.931. The lowest BCUT2D eigenvalue weighted by Crippen LogP contribution is -2.45. The smallest absolute Gasteiger partial charge is 0.320 e. The zero-order valence-corrected chi connectivity index (χ0v) is 24.3. The number of fused-ring (bicyclic) bond motifs is 1. The summed E-state index contributed by atoms with van der Waals surface area (Å²) in [5.74, 6) is -0.857. The van der Waals surface area contributed by atoms with Crippen LogP contribution in [-0.2, 0) is 19.1 Å². The molecule has 0 radical (unpaired) electrons. The first-order valence-corrected chi connectivity index (χ1v) is 12.9. The number of amides is 1. The number of likely N-dealkylation sites (N-methyl/N-ethyl adjacent to an activating group) is 1. The van der Waals surface area contributed by atoms with E-state index >= 15 is 0 Å².